The minimum atomic E-state index is -0.125. The Bertz CT molecular complexity index is 1120. The summed E-state index contributed by atoms with van der Waals surface area (Å²) in [6.07, 6.45) is 3.44. The number of hydrogen-bond acceptors (Lipinski definition) is 6. The van der Waals surface area contributed by atoms with Crippen molar-refractivity contribution in [2.75, 3.05) is 32.7 Å². The van der Waals surface area contributed by atoms with Crippen LogP contribution in [0.25, 0.3) is 11.3 Å². The summed E-state index contributed by atoms with van der Waals surface area (Å²) in [5.41, 5.74) is 2.81. The Labute approximate surface area is 187 Å². The smallest absolute Gasteiger partial charge is 0.274 e. The summed E-state index contributed by atoms with van der Waals surface area (Å²) in [6.45, 7) is 10.2. The third kappa shape index (κ3) is 4.94. The van der Waals surface area contributed by atoms with Crippen LogP contribution in [-0.4, -0.2) is 73.4 Å². The van der Waals surface area contributed by atoms with Crippen LogP contribution in [0.1, 0.15) is 37.0 Å². The number of hydrogen-bond donors (Lipinski definition) is 1. The van der Waals surface area contributed by atoms with E-state index in [0.717, 1.165) is 30.0 Å². The van der Waals surface area contributed by atoms with Crippen molar-refractivity contribution in [3.8, 4) is 11.3 Å². The van der Waals surface area contributed by atoms with E-state index in [4.69, 9.17) is 0 Å². The van der Waals surface area contributed by atoms with Crippen molar-refractivity contribution in [2.24, 2.45) is 0 Å². The first-order valence-corrected chi connectivity index (χ1v) is 10.9. The molecule has 4 rings (SSSR count). The lowest BCUT2D eigenvalue weighted by atomic mass is 9.92. The maximum absolute atomic E-state index is 12.8. The lowest BCUT2D eigenvalue weighted by Crippen LogP contribution is -2.49. The van der Waals surface area contributed by atoms with Crippen LogP contribution in [0.5, 0.6) is 0 Å². The molecule has 4 heterocycles. The molecule has 1 saturated heterocycles. The molecule has 0 atom stereocenters. The average molecular weight is 436 g/mol. The molecular weight excluding hydrogens is 406 g/mol. The van der Waals surface area contributed by atoms with Crippen molar-refractivity contribution in [1.82, 2.24) is 34.8 Å². The first kappa shape index (κ1) is 21.9. The largest absolute Gasteiger partial charge is 0.335 e. The van der Waals surface area contributed by atoms with E-state index in [1.54, 1.807) is 24.5 Å². The molecule has 1 fully saturated rings. The number of rotatable bonds is 5. The first-order valence-electron chi connectivity index (χ1n) is 10.9. The van der Waals surface area contributed by atoms with Crippen LogP contribution in [0.15, 0.2) is 47.5 Å². The normalized spacial score (nSPS) is 15.2. The molecule has 0 spiro atoms. The van der Waals surface area contributed by atoms with E-state index in [9.17, 15) is 9.59 Å². The maximum Gasteiger partial charge on any atom is 0.274 e. The molecule has 1 aliphatic heterocycles. The fraction of sp³-hybridized carbons (Fsp3) is 0.435. The summed E-state index contributed by atoms with van der Waals surface area (Å²) in [5, 5.41) is 11.7. The first-order chi connectivity index (χ1) is 15.3. The van der Waals surface area contributed by atoms with Gasteiger partial charge in [0.25, 0.3) is 11.5 Å². The Morgan fingerprint density at radius 2 is 1.88 bits per heavy atom. The molecule has 0 radical (unpaired) electrons. The van der Waals surface area contributed by atoms with Crippen LogP contribution in [0.3, 0.4) is 0 Å². The van der Waals surface area contributed by atoms with Gasteiger partial charge in [-0.15, -0.1) is 0 Å². The topological polar surface area (TPSA) is 100 Å². The zero-order valence-corrected chi connectivity index (χ0v) is 18.8. The maximum atomic E-state index is 12.8. The molecule has 0 aromatic carbocycles. The van der Waals surface area contributed by atoms with E-state index >= 15 is 0 Å². The molecule has 3 aromatic heterocycles. The van der Waals surface area contributed by atoms with Gasteiger partial charge in [0.15, 0.2) is 0 Å². The third-order valence-corrected chi connectivity index (χ3v) is 5.72. The second kappa shape index (κ2) is 9.04. The monoisotopic (exact) mass is 435 g/mol. The van der Waals surface area contributed by atoms with Gasteiger partial charge in [-0.25, -0.2) is 4.68 Å². The molecule has 9 heteroatoms. The summed E-state index contributed by atoms with van der Waals surface area (Å²) in [5.74, 6) is -0.0431. The van der Waals surface area contributed by atoms with Gasteiger partial charge in [-0.05, 0) is 24.3 Å². The lowest BCUT2D eigenvalue weighted by Gasteiger charge is -2.34. The van der Waals surface area contributed by atoms with Crippen molar-refractivity contribution >= 4 is 5.91 Å². The van der Waals surface area contributed by atoms with Crippen molar-refractivity contribution < 1.29 is 4.79 Å². The van der Waals surface area contributed by atoms with E-state index in [1.165, 1.54) is 4.68 Å². The molecule has 1 N–H and O–H groups in total. The van der Waals surface area contributed by atoms with Gasteiger partial charge < -0.3 is 4.90 Å². The fourth-order valence-electron chi connectivity index (χ4n) is 3.67. The molecule has 1 aliphatic rings. The van der Waals surface area contributed by atoms with Crippen molar-refractivity contribution in [2.45, 2.75) is 32.7 Å². The van der Waals surface area contributed by atoms with Crippen LogP contribution < -0.4 is 5.56 Å². The number of piperazine rings is 1. The second-order valence-electron chi connectivity index (χ2n) is 9.07. The zero-order valence-electron chi connectivity index (χ0n) is 18.8. The minimum Gasteiger partial charge on any atom is -0.335 e. The molecule has 0 saturated carbocycles. The van der Waals surface area contributed by atoms with Crippen molar-refractivity contribution in [3.63, 3.8) is 0 Å². The number of H-pyrrole nitrogens is 1. The SMILES string of the molecule is CC(C)(C)c1cc(C(=O)N2CCN(CCn3nc(-c4cccnc4)ccc3=O)CC2)n[nH]1. The quantitative estimate of drug-likeness (QED) is 0.656. The number of carbonyl (C=O) groups excluding carboxylic acids is 1. The van der Waals surface area contributed by atoms with Crippen LogP contribution in [-0.2, 0) is 12.0 Å². The number of nitrogens with one attached hydrogen (secondary N) is 1. The molecular formula is C23H29N7O2. The number of pyridine rings is 1. The Kier molecular flexibility index (Phi) is 6.18. The number of nitrogens with zero attached hydrogens (tertiary/aromatic N) is 6. The van der Waals surface area contributed by atoms with Gasteiger partial charge in [-0.3, -0.25) is 24.6 Å². The standard InChI is InChI=1S/C23H29N7O2/c1-23(2,3)20-15-19(25-26-20)22(32)29-12-9-28(10-13-29)11-14-30-21(31)7-6-18(27-30)17-5-4-8-24-16-17/h4-8,15-16H,9-14H2,1-3H3,(H,25,26). The highest BCUT2D eigenvalue weighted by atomic mass is 16.2. The molecule has 0 bridgehead atoms. The van der Waals surface area contributed by atoms with Crippen LogP contribution in [0.2, 0.25) is 0 Å². The number of aromatic amines is 1. The van der Waals surface area contributed by atoms with Crippen LogP contribution in [0, 0.1) is 0 Å². The van der Waals surface area contributed by atoms with E-state index in [-0.39, 0.29) is 16.9 Å². The van der Waals surface area contributed by atoms with E-state index in [2.05, 4.69) is 46.0 Å². The van der Waals surface area contributed by atoms with Gasteiger partial charge in [-0.2, -0.15) is 10.2 Å². The Morgan fingerprint density at radius 1 is 1.09 bits per heavy atom. The van der Waals surface area contributed by atoms with Gasteiger partial charge in [0, 0.05) is 67.9 Å². The summed E-state index contributed by atoms with van der Waals surface area (Å²) in [4.78, 5) is 33.3. The molecule has 1 amide bonds. The predicted molar refractivity (Wildman–Crippen MR) is 121 cm³/mol. The Hall–Kier alpha value is -3.33. The number of amides is 1. The van der Waals surface area contributed by atoms with E-state index in [1.807, 2.05) is 23.1 Å². The number of carbonyl (C=O) groups is 1. The van der Waals surface area contributed by atoms with Crippen LogP contribution in [0.4, 0.5) is 0 Å². The molecule has 168 valence electrons. The molecule has 9 nitrogen and oxygen atoms in total. The molecule has 0 unspecified atom stereocenters. The van der Waals surface area contributed by atoms with Gasteiger partial charge in [0.2, 0.25) is 0 Å². The summed E-state index contributed by atoms with van der Waals surface area (Å²) in [7, 11) is 0. The van der Waals surface area contributed by atoms with Crippen molar-refractivity contribution in [3.05, 3.63) is 64.5 Å². The summed E-state index contributed by atoms with van der Waals surface area (Å²) >= 11 is 0. The van der Waals surface area contributed by atoms with Crippen LogP contribution >= 0.6 is 0 Å². The highest BCUT2D eigenvalue weighted by Gasteiger charge is 2.25. The predicted octanol–water partition coefficient (Wildman–Crippen LogP) is 1.78. The third-order valence-electron chi connectivity index (χ3n) is 5.72. The molecule has 0 aliphatic carbocycles. The Morgan fingerprint density at radius 3 is 2.53 bits per heavy atom. The molecule has 3 aromatic rings. The summed E-state index contributed by atoms with van der Waals surface area (Å²) in [6, 6.07) is 8.88. The highest BCUT2D eigenvalue weighted by molar-refractivity contribution is 5.92. The zero-order chi connectivity index (χ0) is 22.7. The average Bonchev–Trinajstić information content (AvgIpc) is 3.30. The van der Waals surface area contributed by atoms with Gasteiger partial charge in [0.1, 0.15) is 5.69 Å². The van der Waals surface area contributed by atoms with E-state index < -0.39 is 0 Å². The number of aromatic nitrogens is 5. The Balaban J connectivity index is 1.32. The van der Waals surface area contributed by atoms with E-state index in [0.29, 0.717) is 31.9 Å². The summed E-state index contributed by atoms with van der Waals surface area (Å²) < 4.78 is 1.50. The van der Waals surface area contributed by atoms with Gasteiger partial charge in [-0.1, -0.05) is 20.8 Å². The van der Waals surface area contributed by atoms with Crippen molar-refractivity contribution in [1.29, 1.82) is 0 Å². The molecule has 32 heavy (non-hydrogen) atoms. The fourth-order valence-corrected chi connectivity index (χ4v) is 3.67. The second-order valence-corrected chi connectivity index (χ2v) is 9.07. The van der Waals surface area contributed by atoms with Gasteiger partial charge >= 0.3 is 0 Å². The highest BCUT2D eigenvalue weighted by Crippen LogP contribution is 2.21. The minimum absolute atomic E-state index is 0.0431. The lowest BCUT2D eigenvalue weighted by molar-refractivity contribution is 0.0625. The van der Waals surface area contributed by atoms with Gasteiger partial charge in [0.05, 0.1) is 12.2 Å².